The summed E-state index contributed by atoms with van der Waals surface area (Å²) in [5.41, 5.74) is -2.90. The quantitative estimate of drug-likeness (QED) is 0.00430. The van der Waals surface area contributed by atoms with E-state index < -0.39 is 211 Å². The van der Waals surface area contributed by atoms with Crippen molar-refractivity contribution in [3.05, 3.63) is 82.9 Å². The minimum atomic E-state index is -2.69. The first kappa shape index (κ1) is 95.1. The maximum atomic E-state index is 15.7. The minimum absolute atomic E-state index is 0.144. The molecule has 1 heterocycles. The van der Waals surface area contributed by atoms with Crippen molar-refractivity contribution >= 4 is 53.7 Å². The van der Waals surface area contributed by atoms with Gasteiger partial charge < -0.3 is 108 Å². The third-order valence-electron chi connectivity index (χ3n) is 19.3. The summed E-state index contributed by atoms with van der Waals surface area (Å²) in [5.74, 6) is -28.5. The van der Waals surface area contributed by atoms with Crippen LogP contribution in [0.2, 0.25) is 0 Å². The molecule has 6 atom stereocenters. The molecular formula is C86H114O31. The van der Waals surface area contributed by atoms with Crippen molar-refractivity contribution in [2.75, 3.05) is 6.61 Å². The summed E-state index contributed by atoms with van der Waals surface area (Å²) in [7, 11) is 0. The Morgan fingerprint density at radius 3 is 1.05 bits per heavy atom. The highest BCUT2D eigenvalue weighted by molar-refractivity contribution is 5.94. The number of rotatable bonds is 52. The number of benzene rings is 5. The van der Waals surface area contributed by atoms with Crippen molar-refractivity contribution in [2.24, 2.45) is 5.92 Å². The molecule has 6 rings (SSSR count). The van der Waals surface area contributed by atoms with Crippen molar-refractivity contribution in [2.45, 2.75) is 290 Å². The fourth-order valence-electron chi connectivity index (χ4n) is 12.8. The van der Waals surface area contributed by atoms with Crippen LogP contribution in [0.5, 0.6) is 92.0 Å². The van der Waals surface area contributed by atoms with Gasteiger partial charge in [-0.25, -0.2) is 14.4 Å². The second-order valence-corrected chi connectivity index (χ2v) is 29.0. The van der Waals surface area contributed by atoms with Crippen LogP contribution in [-0.4, -0.2) is 141 Å². The van der Waals surface area contributed by atoms with E-state index >= 15 is 9.59 Å². The van der Waals surface area contributed by atoms with Crippen LogP contribution in [0, 0.1) is 5.92 Å². The Hall–Kier alpha value is -10.8. The Morgan fingerprint density at radius 1 is 0.342 bits per heavy atom. The van der Waals surface area contributed by atoms with E-state index in [1.165, 1.54) is 0 Å². The summed E-state index contributed by atoms with van der Waals surface area (Å²) >= 11 is 0. The average molecular weight is 1640 g/mol. The predicted octanol–water partition coefficient (Wildman–Crippen LogP) is 16.3. The molecule has 5 aromatic carbocycles. The van der Waals surface area contributed by atoms with Gasteiger partial charge in [-0.1, -0.05) is 195 Å². The molecule has 1 fully saturated rings. The number of esters is 9. The van der Waals surface area contributed by atoms with E-state index in [4.69, 9.17) is 52.1 Å². The van der Waals surface area contributed by atoms with Crippen LogP contribution >= 0.6 is 0 Å². The topological polar surface area (TPSA) is 478 Å². The monoisotopic (exact) mass is 1640 g/mol. The molecule has 0 saturated carbocycles. The van der Waals surface area contributed by atoms with Crippen molar-refractivity contribution in [3.63, 3.8) is 0 Å². The Morgan fingerprint density at radius 2 is 0.658 bits per heavy atom. The third kappa shape index (κ3) is 31.0. The number of phenolic OH excluding ortho intramolecular Hbond substituents is 10. The van der Waals surface area contributed by atoms with E-state index in [0.29, 0.717) is 94.5 Å². The van der Waals surface area contributed by atoms with Crippen LogP contribution in [0.15, 0.2) is 60.7 Å². The molecule has 0 aliphatic carbocycles. The van der Waals surface area contributed by atoms with Crippen LogP contribution in [0.3, 0.4) is 0 Å². The van der Waals surface area contributed by atoms with Gasteiger partial charge >= 0.3 is 53.7 Å². The van der Waals surface area contributed by atoms with Crippen molar-refractivity contribution in [1.29, 1.82) is 0 Å². The Kier molecular flexibility index (Phi) is 40.6. The van der Waals surface area contributed by atoms with E-state index in [2.05, 4.69) is 0 Å². The molecule has 0 spiro atoms. The van der Waals surface area contributed by atoms with E-state index in [1.807, 2.05) is 34.6 Å². The van der Waals surface area contributed by atoms with Gasteiger partial charge in [-0.2, -0.15) is 0 Å². The number of unbranched alkanes of at least 4 members (excludes halogenated alkanes) is 25. The molecule has 0 amide bonds. The fraction of sp³-hybridized carbons (Fsp3) is 0.547. The zero-order chi connectivity index (χ0) is 85.5. The van der Waals surface area contributed by atoms with Crippen LogP contribution in [0.1, 0.15) is 302 Å². The number of aliphatic hydroxyl groups is 1. The molecule has 5 aromatic rings. The average Bonchev–Trinajstić information content (AvgIpc) is 0.759. The largest absolute Gasteiger partial charge is 0.504 e. The molecule has 11 N–H and O–H groups in total. The highest BCUT2D eigenvalue weighted by Gasteiger charge is 2.56. The molecule has 0 aromatic heterocycles. The molecule has 1 aliphatic heterocycles. The van der Waals surface area contributed by atoms with Crippen molar-refractivity contribution in [1.82, 2.24) is 0 Å². The lowest BCUT2D eigenvalue weighted by Crippen LogP contribution is -2.62. The van der Waals surface area contributed by atoms with Gasteiger partial charge in [-0.15, -0.1) is 0 Å². The smallest absolute Gasteiger partial charge is 0.340 e. The Balaban J connectivity index is 1.54. The zero-order valence-corrected chi connectivity index (χ0v) is 67.3. The van der Waals surface area contributed by atoms with Gasteiger partial charge in [0.1, 0.15) is 30.5 Å². The summed E-state index contributed by atoms with van der Waals surface area (Å²) in [5, 5.41) is 124. The van der Waals surface area contributed by atoms with Gasteiger partial charge in [0, 0.05) is 49.8 Å². The number of hydrogen-bond donors (Lipinski definition) is 11. The lowest BCUT2D eigenvalue weighted by molar-refractivity contribution is -0.295. The van der Waals surface area contributed by atoms with Gasteiger partial charge in [0.05, 0.1) is 16.7 Å². The Labute approximate surface area is 680 Å². The standard InChI is InChI=1S/C86H114O31/c1-6-11-16-21-26-31-36-68(94)109-64-47-54(41-57(87)74(64)99)81(102)107-51-67-79(115-83(104)55-42-58(88)75(100)65(48-55)110-69(95)37-32-27-22-17-12-7-2)80(116-82(103)52-43-60(90)77(61(91)44-52)113-71(97)39-34-29-24-19-14-9-4)73(85(106)108-56-49-59(89)76(101)66(50-56)111-70(96)38-33-28-23-18-13-8-3)86(112-67)117-84(105)53-45-62(92)78(63(93)46-53)114-72(98)40-35-30-25-20-15-10-5/h41-50,67,73,79-80,82,86-93,99-101,103H,6-40,51H2,1-5H3. The molecular weight excluding hydrogens is 1530 g/mol. The maximum absolute atomic E-state index is 15.7. The number of aromatic hydroxyl groups is 10. The number of hydrogen-bond acceptors (Lipinski definition) is 31. The zero-order valence-electron chi connectivity index (χ0n) is 67.3. The highest BCUT2D eigenvalue weighted by Crippen LogP contribution is 2.46. The van der Waals surface area contributed by atoms with Gasteiger partial charge in [-0.3, -0.25) is 28.8 Å². The van der Waals surface area contributed by atoms with Crippen LogP contribution < -0.4 is 28.4 Å². The molecule has 6 unspecified atom stereocenters. The lowest BCUT2D eigenvalue weighted by Gasteiger charge is -2.44. The summed E-state index contributed by atoms with van der Waals surface area (Å²) in [6, 6.07) is 7.08. The van der Waals surface area contributed by atoms with Crippen molar-refractivity contribution < 1.29 is 151 Å². The van der Waals surface area contributed by atoms with E-state index in [0.717, 1.165) is 159 Å². The first-order chi connectivity index (χ1) is 56.1. The summed E-state index contributed by atoms with van der Waals surface area (Å²) in [6.07, 6.45) is 9.65. The van der Waals surface area contributed by atoms with Gasteiger partial charge in [0.2, 0.25) is 35.0 Å². The minimum Gasteiger partial charge on any atom is -0.504 e. The van der Waals surface area contributed by atoms with E-state index in [1.54, 1.807) is 0 Å². The molecule has 0 bridgehead atoms. The highest BCUT2D eigenvalue weighted by atomic mass is 16.7. The normalized spacial score (nSPS) is 15.3. The first-order valence-electron chi connectivity index (χ1n) is 40.7. The summed E-state index contributed by atoms with van der Waals surface area (Å²) < 4.78 is 63.1. The number of carbonyl (C=O) groups is 9. The molecule has 1 aliphatic rings. The van der Waals surface area contributed by atoms with Gasteiger partial charge in [0.15, 0.2) is 69.9 Å². The SMILES string of the molecule is CCCCCCCCC(=O)Oc1cc(OC(=O)C2C(OC(=O)c3cc(O)c(OC(=O)CCCCCCCC)c(O)c3)OC(COC(=O)c3cc(O)c(O)c(OC(=O)CCCCCCCC)c3)C(OC(=O)c3cc(O)c(O)c(OC(=O)CCCCCCCC)c3)C2OC(O)c2cc(O)c(OC(=O)CCCCCCCC)c(O)c2)cc(O)c1O. The van der Waals surface area contributed by atoms with Gasteiger partial charge in [-0.05, 0) is 80.6 Å². The lowest BCUT2D eigenvalue weighted by atomic mass is 9.90. The molecule has 117 heavy (non-hydrogen) atoms. The second-order valence-electron chi connectivity index (χ2n) is 29.0. The number of phenols is 10. The van der Waals surface area contributed by atoms with E-state index in [-0.39, 0.29) is 32.1 Å². The van der Waals surface area contributed by atoms with Crippen LogP contribution in [0.25, 0.3) is 0 Å². The Bertz CT molecular complexity index is 4050. The number of carbonyl (C=O) groups excluding carboxylic acids is 9. The fourth-order valence-corrected chi connectivity index (χ4v) is 12.8. The summed E-state index contributed by atoms with van der Waals surface area (Å²) in [4.78, 5) is 126. The molecule has 31 nitrogen and oxygen atoms in total. The predicted molar refractivity (Wildman–Crippen MR) is 420 cm³/mol. The summed E-state index contributed by atoms with van der Waals surface area (Å²) in [6.45, 7) is 8.85. The maximum Gasteiger partial charge on any atom is 0.340 e. The first-order valence-corrected chi connectivity index (χ1v) is 40.7. The number of aliphatic hydroxyl groups excluding tert-OH is 1. The van der Waals surface area contributed by atoms with Crippen LogP contribution in [0.4, 0.5) is 0 Å². The number of ether oxygens (including phenoxy) is 11. The molecule has 1 saturated heterocycles. The van der Waals surface area contributed by atoms with Gasteiger partial charge in [0.25, 0.3) is 0 Å². The van der Waals surface area contributed by atoms with Crippen LogP contribution in [-0.2, 0) is 52.5 Å². The third-order valence-corrected chi connectivity index (χ3v) is 19.3. The molecule has 644 valence electrons. The molecule has 31 heteroatoms. The van der Waals surface area contributed by atoms with E-state index in [9.17, 15) is 89.7 Å². The second kappa shape index (κ2) is 50.0. The molecule has 0 radical (unpaired) electrons. The van der Waals surface area contributed by atoms with Crippen molar-refractivity contribution in [3.8, 4) is 92.0 Å².